The van der Waals surface area contributed by atoms with Crippen molar-refractivity contribution >= 4 is 11.6 Å². The average molecular weight is 244 g/mol. The largest absolute Gasteiger partial charge is 0.416 e. The van der Waals surface area contributed by atoms with Crippen molar-refractivity contribution in [2.75, 3.05) is 0 Å². The lowest BCUT2D eigenvalue weighted by molar-refractivity contribution is -0.137. The molecule has 1 rings (SSSR count). The van der Waals surface area contributed by atoms with E-state index in [0.717, 1.165) is 12.1 Å². The minimum Gasteiger partial charge on any atom is -0.300 e. The van der Waals surface area contributed by atoms with Gasteiger partial charge in [0.1, 0.15) is 11.6 Å². The van der Waals surface area contributed by atoms with Crippen LogP contribution < -0.4 is 0 Å². The van der Waals surface area contributed by atoms with Crippen LogP contribution in [-0.2, 0) is 22.2 Å². The molecular weight excluding hydrogens is 233 g/mol. The Morgan fingerprint density at radius 3 is 2.41 bits per heavy atom. The van der Waals surface area contributed by atoms with E-state index < -0.39 is 11.7 Å². The summed E-state index contributed by atoms with van der Waals surface area (Å²) in [5.41, 5.74) is -0.517. The predicted octanol–water partition coefficient (Wildman–Crippen LogP) is 2.80. The minimum atomic E-state index is -4.42. The standard InChI is InChI=1S/C12H11F3O2/c1-8(16)5-11(17)7-9-3-2-4-10(6-9)12(13,14)15/h2-4,6H,5,7H2,1H3. The van der Waals surface area contributed by atoms with Crippen LogP contribution >= 0.6 is 0 Å². The molecule has 0 saturated heterocycles. The van der Waals surface area contributed by atoms with Crippen LogP contribution in [0.25, 0.3) is 0 Å². The van der Waals surface area contributed by atoms with Gasteiger partial charge < -0.3 is 0 Å². The van der Waals surface area contributed by atoms with Gasteiger partial charge in [-0.25, -0.2) is 0 Å². The Labute approximate surface area is 96.4 Å². The Morgan fingerprint density at radius 1 is 1.24 bits per heavy atom. The maximum absolute atomic E-state index is 12.4. The van der Waals surface area contributed by atoms with Gasteiger partial charge in [-0.2, -0.15) is 13.2 Å². The van der Waals surface area contributed by atoms with E-state index in [0.29, 0.717) is 0 Å². The van der Waals surface area contributed by atoms with Crippen molar-refractivity contribution in [3.8, 4) is 0 Å². The van der Waals surface area contributed by atoms with Crippen molar-refractivity contribution in [1.82, 2.24) is 0 Å². The van der Waals surface area contributed by atoms with Crippen molar-refractivity contribution in [2.24, 2.45) is 0 Å². The average Bonchev–Trinajstić information content (AvgIpc) is 2.15. The topological polar surface area (TPSA) is 34.1 Å². The van der Waals surface area contributed by atoms with Crippen molar-refractivity contribution in [3.63, 3.8) is 0 Å². The van der Waals surface area contributed by atoms with Gasteiger partial charge in [-0.15, -0.1) is 0 Å². The molecule has 0 aliphatic carbocycles. The van der Waals surface area contributed by atoms with Crippen LogP contribution in [0.15, 0.2) is 24.3 Å². The van der Waals surface area contributed by atoms with E-state index in [1.807, 2.05) is 0 Å². The number of benzene rings is 1. The van der Waals surface area contributed by atoms with Gasteiger partial charge in [0.05, 0.1) is 12.0 Å². The van der Waals surface area contributed by atoms with Gasteiger partial charge in [0.15, 0.2) is 0 Å². The number of Topliss-reactive ketones (excluding diaryl/α,β-unsaturated/α-hetero) is 2. The highest BCUT2D eigenvalue weighted by atomic mass is 19.4. The normalized spacial score (nSPS) is 11.3. The summed E-state index contributed by atoms with van der Waals surface area (Å²) < 4.78 is 37.1. The van der Waals surface area contributed by atoms with Crippen LogP contribution in [0.4, 0.5) is 13.2 Å². The Bertz CT molecular complexity index is 436. The number of rotatable bonds is 4. The molecule has 1 aromatic carbocycles. The fraction of sp³-hybridized carbons (Fsp3) is 0.333. The molecule has 0 heterocycles. The lowest BCUT2D eigenvalue weighted by atomic mass is 10.0. The van der Waals surface area contributed by atoms with Crippen molar-refractivity contribution in [1.29, 1.82) is 0 Å². The minimum absolute atomic E-state index is 0.149. The van der Waals surface area contributed by atoms with Crippen LogP contribution in [0.1, 0.15) is 24.5 Å². The third-order valence-electron chi connectivity index (χ3n) is 2.10. The zero-order valence-electron chi connectivity index (χ0n) is 9.17. The van der Waals surface area contributed by atoms with E-state index in [2.05, 4.69) is 0 Å². The first kappa shape index (κ1) is 13.4. The Hall–Kier alpha value is -1.65. The van der Waals surface area contributed by atoms with Gasteiger partial charge in [0, 0.05) is 6.42 Å². The molecule has 0 aromatic heterocycles. The molecular formula is C12H11F3O2. The molecule has 17 heavy (non-hydrogen) atoms. The SMILES string of the molecule is CC(=O)CC(=O)Cc1cccc(C(F)(F)F)c1. The zero-order chi connectivity index (χ0) is 13.1. The third kappa shape index (κ3) is 4.38. The first-order valence-electron chi connectivity index (χ1n) is 4.96. The number of carbonyl (C=O) groups excluding carboxylic acids is 2. The van der Waals surface area contributed by atoms with Crippen LogP contribution in [-0.4, -0.2) is 11.6 Å². The summed E-state index contributed by atoms with van der Waals surface area (Å²) in [6.45, 7) is 1.27. The molecule has 2 nitrogen and oxygen atoms in total. The number of halogens is 3. The molecule has 0 radical (unpaired) electrons. The summed E-state index contributed by atoms with van der Waals surface area (Å²) in [6.07, 6.45) is -4.81. The summed E-state index contributed by atoms with van der Waals surface area (Å²) in [4.78, 5) is 22.0. The molecule has 0 atom stereocenters. The van der Waals surface area contributed by atoms with E-state index in [9.17, 15) is 22.8 Å². The molecule has 1 aromatic rings. The molecule has 5 heteroatoms. The molecule has 0 aliphatic heterocycles. The Balaban J connectivity index is 2.79. The van der Waals surface area contributed by atoms with E-state index in [1.54, 1.807) is 0 Å². The highest BCUT2D eigenvalue weighted by Crippen LogP contribution is 2.29. The molecule has 0 saturated carbocycles. The Kier molecular flexibility index (Phi) is 4.04. The highest BCUT2D eigenvalue weighted by molar-refractivity contribution is 5.98. The van der Waals surface area contributed by atoms with Gasteiger partial charge in [0.2, 0.25) is 0 Å². The van der Waals surface area contributed by atoms with Crippen LogP contribution in [0, 0.1) is 0 Å². The van der Waals surface area contributed by atoms with Crippen molar-refractivity contribution in [2.45, 2.75) is 25.9 Å². The predicted molar refractivity (Wildman–Crippen MR) is 55.5 cm³/mol. The first-order valence-corrected chi connectivity index (χ1v) is 4.96. The second-order valence-corrected chi connectivity index (χ2v) is 3.79. The van der Waals surface area contributed by atoms with E-state index in [4.69, 9.17) is 0 Å². The fourth-order valence-electron chi connectivity index (χ4n) is 1.43. The van der Waals surface area contributed by atoms with E-state index in [1.165, 1.54) is 19.1 Å². The summed E-state index contributed by atoms with van der Waals surface area (Å²) in [5, 5.41) is 0. The van der Waals surface area contributed by atoms with Crippen LogP contribution in [0.5, 0.6) is 0 Å². The highest BCUT2D eigenvalue weighted by Gasteiger charge is 2.30. The second kappa shape index (κ2) is 5.12. The summed E-state index contributed by atoms with van der Waals surface area (Å²) in [5.74, 6) is -0.668. The number of hydrogen-bond donors (Lipinski definition) is 0. The number of carbonyl (C=O) groups is 2. The fourth-order valence-corrected chi connectivity index (χ4v) is 1.43. The molecule has 0 fully saturated rings. The van der Waals surface area contributed by atoms with Crippen molar-refractivity contribution in [3.05, 3.63) is 35.4 Å². The monoisotopic (exact) mass is 244 g/mol. The summed E-state index contributed by atoms with van der Waals surface area (Å²) in [6, 6.07) is 4.56. The molecule has 0 bridgehead atoms. The number of ketones is 2. The Morgan fingerprint density at radius 2 is 1.88 bits per heavy atom. The van der Waals surface area contributed by atoms with Crippen LogP contribution in [0.2, 0.25) is 0 Å². The third-order valence-corrected chi connectivity index (χ3v) is 2.10. The summed E-state index contributed by atoms with van der Waals surface area (Å²) >= 11 is 0. The second-order valence-electron chi connectivity index (χ2n) is 3.79. The van der Waals surface area contributed by atoms with Gasteiger partial charge in [-0.05, 0) is 18.6 Å². The maximum Gasteiger partial charge on any atom is 0.416 e. The molecule has 92 valence electrons. The first-order chi connectivity index (χ1) is 7.79. The lowest BCUT2D eigenvalue weighted by Crippen LogP contribution is -2.09. The molecule has 0 spiro atoms. The quantitative estimate of drug-likeness (QED) is 0.763. The van der Waals surface area contributed by atoms with Crippen molar-refractivity contribution < 1.29 is 22.8 Å². The zero-order valence-corrected chi connectivity index (χ0v) is 9.17. The molecule has 0 amide bonds. The maximum atomic E-state index is 12.4. The van der Waals surface area contributed by atoms with Gasteiger partial charge >= 0.3 is 6.18 Å². The molecule has 0 unspecified atom stereocenters. The molecule has 0 N–H and O–H groups in total. The smallest absolute Gasteiger partial charge is 0.300 e. The van der Waals surface area contributed by atoms with Gasteiger partial charge in [-0.1, -0.05) is 18.2 Å². The van der Waals surface area contributed by atoms with E-state index in [-0.39, 0.29) is 30.0 Å². The van der Waals surface area contributed by atoms with Gasteiger partial charge in [0.25, 0.3) is 0 Å². The lowest BCUT2D eigenvalue weighted by Gasteiger charge is -2.08. The number of alkyl halides is 3. The molecule has 0 aliphatic rings. The van der Waals surface area contributed by atoms with Gasteiger partial charge in [-0.3, -0.25) is 9.59 Å². The number of hydrogen-bond acceptors (Lipinski definition) is 2. The van der Waals surface area contributed by atoms with E-state index >= 15 is 0 Å². The summed E-state index contributed by atoms with van der Waals surface area (Å²) in [7, 11) is 0. The van der Waals surface area contributed by atoms with Crippen LogP contribution in [0.3, 0.4) is 0 Å².